The molecule has 2 heteroatoms. The molecule has 1 unspecified atom stereocenters. The van der Waals surface area contributed by atoms with Gasteiger partial charge in [0.25, 0.3) is 0 Å². The first-order valence-electron chi connectivity index (χ1n) is 7.67. The summed E-state index contributed by atoms with van der Waals surface area (Å²) < 4.78 is 0. The van der Waals surface area contributed by atoms with Crippen molar-refractivity contribution in [3.05, 3.63) is 34.9 Å². The maximum Gasteiger partial charge on any atom is 0.163 e. The van der Waals surface area contributed by atoms with Crippen molar-refractivity contribution in [1.29, 1.82) is 0 Å². The maximum atomic E-state index is 12.1. The minimum atomic E-state index is 0.347. The van der Waals surface area contributed by atoms with Crippen molar-refractivity contribution in [2.24, 2.45) is 0 Å². The zero-order valence-corrected chi connectivity index (χ0v) is 12.0. The summed E-state index contributed by atoms with van der Waals surface area (Å²) in [6, 6.07) is 7.46. The first-order chi connectivity index (χ1) is 9.26. The highest BCUT2D eigenvalue weighted by Crippen LogP contribution is 2.41. The van der Waals surface area contributed by atoms with Gasteiger partial charge >= 0.3 is 0 Å². The lowest BCUT2D eigenvalue weighted by Crippen LogP contribution is -2.44. The van der Waals surface area contributed by atoms with Crippen molar-refractivity contribution in [2.75, 3.05) is 6.54 Å². The van der Waals surface area contributed by atoms with E-state index in [-0.39, 0.29) is 0 Å². The summed E-state index contributed by atoms with van der Waals surface area (Å²) in [5.74, 6) is 0.347. The van der Waals surface area contributed by atoms with Gasteiger partial charge in [0.2, 0.25) is 0 Å². The molecule has 0 amide bonds. The average molecular weight is 257 g/mol. The summed E-state index contributed by atoms with van der Waals surface area (Å²) in [5.41, 5.74) is 3.78. The van der Waals surface area contributed by atoms with E-state index in [0.717, 1.165) is 31.4 Å². The number of rotatable bonds is 3. The van der Waals surface area contributed by atoms with E-state index in [1.165, 1.54) is 24.0 Å². The second-order valence-electron chi connectivity index (χ2n) is 5.81. The molecule has 0 bridgehead atoms. The average Bonchev–Trinajstić information content (AvgIpc) is 2.45. The Morgan fingerprint density at radius 1 is 1.26 bits per heavy atom. The summed E-state index contributed by atoms with van der Waals surface area (Å²) in [6.07, 6.45) is 5.25. The van der Waals surface area contributed by atoms with E-state index in [0.29, 0.717) is 17.9 Å². The molecule has 0 N–H and O–H groups in total. The Bertz CT molecular complexity index is 490. The fourth-order valence-electron chi connectivity index (χ4n) is 3.95. The fraction of sp³-hybridized carbons (Fsp3) is 0.588. The van der Waals surface area contributed by atoms with E-state index in [4.69, 9.17) is 0 Å². The predicted molar refractivity (Wildman–Crippen MR) is 77.5 cm³/mol. The van der Waals surface area contributed by atoms with E-state index in [2.05, 4.69) is 30.9 Å². The van der Waals surface area contributed by atoms with E-state index in [1.54, 1.807) is 0 Å². The number of Topliss-reactive ketones (excluding diaryl/α,β-unsaturated/α-hetero) is 1. The van der Waals surface area contributed by atoms with Gasteiger partial charge in [-0.2, -0.15) is 0 Å². The van der Waals surface area contributed by atoms with Gasteiger partial charge in [0, 0.05) is 30.6 Å². The normalized spacial score (nSPS) is 22.7. The minimum absolute atomic E-state index is 0.347. The standard InChI is InChI=1S/C17H23NO/c1-3-13(4-2)18-11-10-12-6-5-7-14-16(19)9-8-15(18)17(12)14/h5-7,13,15H,3-4,8-11H2,1-2H3. The smallest absolute Gasteiger partial charge is 0.163 e. The van der Waals surface area contributed by atoms with Crippen LogP contribution in [0.5, 0.6) is 0 Å². The molecule has 1 aliphatic carbocycles. The van der Waals surface area contributed by atoms with Crippen LogP contribution in [0, 0.1) is 0 Å². The van der Waals surface area contributed by atoms with Crippen molar-refractivity contribution in [1.82, 2.24) is 4.90 Å². The minimum Gasteiger partial charge on any atom is -0.294 e. The second-order valence-corrected chi connectivity index (χ2v) is 5.81. The van der Waals surface area contributed by atoms with Gasteiger partial charge in [0.15, 0.2) is 5.78 Å². The Hall–Kier alpha value is -1.15. The SMILES string of the molecule is CCC(CC)N1CCc2cccc3c2C1CCC3=O. The van der Waals surface area contributed by atoms with Crippen LogP contribution in [0.4, 0.5) is 0 Å². The van der Waals surface area contributed by atoms with Crippen LogP contribution in [0.1, 0.15) is 67.1 Å². The Labute approximate surface area is 115 Å². The lowest BCUT2D eigenvalue weighted by atomic mass is 9.79. The molecule has 1 aliphatic heterocycles. The third-order valence-corrected chi connectivity index (χ3v) is 4.93. The summed E-state index contributed by atoms with van der Waals surface area (Å²) in [7, 11) is 0. The van der Waals surface area contributed by atoms with Crippen molar-refractivity contribution >= 4 is 5.78 Å². The Morgan fingerprint density at radius 2 is 2.05 bits per heavy atom. The predicted octanol–water partition coefficient (Wildman–Crippen LogP) is 3.75. The first kappa shape index (κ1) is 12.9. The molecule has 2 nitrogen and oxygen atoms in total. The second kappa shape index (κ2) is 5.09. The van der Waals surface area contributed by atoms with Crippen LogP contribution >= 0.6 is 0 Å². The van der Waals surface area contributed by atoms with Crippen LogP contribution in [0.2, 0.25) is 0 Å². The van der Waals surface area contributed by atoms with Crippen molar-refractivity contribution < 1.29 is 4.79 Å². The highest BCUT2D eigenvalue weighted by atomic mass is 16.1. The molecule has 0 spiro atoms. The number of benzene rings is 1. The summed E-state index contributed by atoms with van der Waals surface area (Å²) >= 11 is 0. The molecular weight excluding hydrogens is 234 g/mol. The number of carbonyl (C=O) groups is 1. The van der Waals surface area contributed by atoms with Crippen molar-refractivity contribution in [3.8, 4) is 0 Å². The fourth-order valence-corrected chi connectivity index (χ4v) is 3.95. The van der Waals surface area contributed by atoms with Crippen LogP contribution in [0.3, 0.4) is 0 Å². The summed E-state index contributed by atoms with van der Waals surface area (Å²) in [5, 5.41) is 0. The number of hydrogen-bond acceptors (Lipinski definition) is 2. The van der Waals surface area contributed by atoms with Gasteiger partial charge in [0.1, 0.15) is 0 Å². The molecule has 102 valence electrons. The monoisotopic (exact) mass is 257 g/mol. The van der Waals surface area contributed by atoms with E-state index in [1.807, 2.05) is 6.07 Å². The van der Waals surface area contributed by atoms with Crippen molar-refractivity contribution in [3.63, 3.8) is 0 Å². The molecule has 1 atom stereocenters. The van der Waals surface area contributed by atoms with E-state index >= 15 is 0 Å². The molecule has 1 heterocycles. The highest BCUT2D eigenvalue weighted by molar-refractivity contribution is 5.99. The lowest BCUT2D eigenvalue weighted by molar-refractivity contribution is 0.0823. The third-order valence-electron chi connectivity index (χ3n) is 4.93. The quantitative estimate of drug-likeness (QED) is 0.822. The van der Waals surface area contributed by atoms with Crippen LogP contribution in [0.15, 0.2) is 18.2 Å². The van der Waals surface area contributed by atoms with E-state index < -0.39 is 0 Å². The van der Waals surface area contributed by atoms with Gasteiger partial charge < -0.3 is 0 Å². The summed E-state index contributed by atoms with van der Waals surface area (Å²) in [4.78, 5) is 14.8. The molecule has 3 rings (SSSR count). The van der Waals surface area contributed by atoms with Gasteiger partial charge in [-0.15, -0.1) is 0 Å². The molecule has 0 radical (unpaired) electrons. The number of hydrogen-bond donors (Lipinski definition) is 0. The highest BCUT2D eigenvalue weighted by Gasteiger charge is 2.36. The molecule has 1 aromatic carbocycles. The van der Waals surface area contributed by atoms with Gasteiger partial charge in [-0.3, -0.25) is 9.69 Å². The number of carbonyl (C=O) groups excluding carboxylic acids is 1. The third kappa shape index (κ3) is 2.02. The maximum absolute atomic E-state index is 12.1. The van der Waals surface area contributed by atoms with Gasteiger partial charge in [-0.25, -0.2) is 0 Å². The van der Waals surface area contributed by atoms with Crippen LogP contribution in [0.25, 0.3) is 0 Å². The molecule has 0 saturated carbocycles. The van der Waals surface area contributed by atoms with Crippen molar-refractivity contribution in [2.45, 2.75) is 58.0 Å². The molecule has 19 heavy (non-hydrogen) atoms. The van der Waals surface area contributed by atoms with Crippen LogP contribution < -0.4 is 0 Å². The molecule has 1 aromatic rings. The molecule has 2 aliphatic rings. The molecule has 0 fully saturated rings. The van der Waals surface area contributed by atoms with Crippen LogP contribution in [-0.4, -0.2) is 23.3 Å². The number of ketones is 1. The molecule has 0 saturated heterocycles. The summed E-state index contributed by atoms with van der Waals surface area (Å²) in [6.45, 7) is 5.72. The Balaban J connectivity index is 2.04. The number of nitrogens with zero attached hydrogens (tertiary/aromatic N) is 1. The topological polar surface area (TPSA) is 20.3 Å². The van der Waals surface area contributed by atoms with Gasteiger partial charge in [-0.05, 0) is 36.8 Å². The first-order valence-corrected chi connectivity index (χ1v) is 7.67. The largest absolute Gasteiger partial charge is 0.294 e. The van der Waals surface area contributed by atoms with Gasteiger partial charge in [-0.1, -0.05) is 32.0 Å². The Morgan fingerprint density at radius 3 is 2.79 bits per heavy atom. The van der Waals surface area contributed by atoms with Gasteiger partial charge in [0.05, 0.1) is 0 Å². The van der Waals surface area contributed by atoms with Crippen LogP contribution in [-0.2, 0) is 6.42 Å². The van der Waals surface area contributed by atoms with E-state index in [9.17, 15) is 4.79 Å². The zero-order chi connectivity index (χ0) is 13.4. The zero-order valence-electron chi connectivity index (χ0n) is 12.0. The molecule has 0 aromatic heterocycles. The molecular formula is C17H23NO. The lowest BCUT2D eigenvalue weighted by Gasteiger charge is -2.44. The Kier molecular flexibility index (Phi) is 3.44.